The lowest BCUT2D eigenvalue weighted by atomic mass is 10.0. The fourth-order valence-electron chi connectivity index (χ4n) is 4.03. The van der Waals surface area contributed by atoms with E-state index in [9.17, 15) is 28.1 Å². The zero-order valence-corrected chi connectivity index (χ0v) is 17.9. The van der Waals surface area contributed by atoms with Crippen LogP contribution in [0.2, 0.25) is 0 Å². The van der Waals surface area contributed by atoms with Crippen molar-refractivity contribution >= 4 is 33.4 Å². The molecule has 1 saturated heterocycles. The number of hydrogen-bond donors (Lipinski definition) is 1. The van der Waals surface area contributed by atoms with Crippen LogP contribution in [0, 0.1) is 10.1 Å². The van der Waals surface area contributed by atoms with Gasteiger partial charge in [0.1, 0.15) is 4.91 Å². The lowest BCUT2D eigenvalue weighted by molar-refractivity contribution is -0.385. The van der Waals surface area contributed by atoms with Crippen molar-refractivity contribution in [3.05, 3.63) is 74.7 Å². The molecule has 10 heteroatoms. The van der Waals surface area contributed by atoms with Gasteiger partial charge in [-0.05, 0) is 30.5 Å². The number of piperidine rings is 1. The molecule has 1 fully saturated rings. The van der Waals surface area contributed by atoms with E-state index < -0.39 is 20.7 Å². The Morgan fingerprint density at radius 1 is 1.06 bits per heavy atom. The van der Waals surface area contributed by atoms with E-state index in [4.69, 9.17) is 0 Å². The number of likely N-dealkylation sites (tertiary alicyclic amines) is 1. The van der Waals surface area contributed by atoms with Gasteiger partial charge in [0.25, 0.3) is 11.6 Å². The third-order valence-electron chi connectivity index (χ3n) is 5.68. The lowest BCUT2D eigenvalue weighted by Crippen LogP contribution is -2.47. The molecule has 0 saturated carbocycles. The number of nitro groups is 1. The molecule has 0 radical (unpaired) electrons. The van der Waals surface area contributed by atoms with Crippen molar-refractivity contribution in [2.75, 3.05) is 13.1 Å². The molecule has 2 heterocycles. The number of para-hydroxylation sites is 1. The van der Waals surface area contributed by atoms with E-state index in [-0.39, 0.29) is 33.9 Å². The quantitative estimate of drug-likeness (QED) is 0.543. The van der Waals surface area contributed by atoms with Crippen LogP contribution in [-0.4, -0.2) is 49.2 Å². The molecule has 166 valence electrons. The minimum absolute atomic E-state index is 0.102. The number of carbonyl (C=O) groups excluding carboxylic acids is 2. The minimum atomic E-state index is -3.83. The Hall–Kier alpha value is -3.53. The molecule has 0 aliphatic carbocycles. The Balaban J connectivity index is 1.35. The zero-order valence-electron chi connectivity index (χ0n) is 17.1. The fraction of sp³-hybridized carbons (Fsp3) is 0.273. The number of nitrogens with zero attached hydrogens (tertiary/aromatic N) is 2. The normalized spacial score (nSPS) is 17.4. The summed E-state index contributed by atoms with van der Waals surface area (Å²) in [6.07, 6.45) is 2.23. The van der Waals surface area contributed by atoms with E-state index in [0.717, 1.165) is 0 Å². The second-order valence-electron chi connectivity index (χ2n) is 7.75. The molecule has 9 nitrogen and oxygen atoms in total. The number of sulfone groups is 1. The van der Waals surface area contributed by atoms with Gasteiger partial charge in [0.2, 0.25) is 15.7 Å². The first-order valence-electron chi connectivity index (χ1n) is 10.1. The highest BCUT2D eigenvalue weighted by Gasteiger charge is 2.37. The van der Waals surface area contributed by atoms with E-state index in [1.807, 2.05) is 0 Å². The van der Waals surface area contributed by atoms with Gasteiger partial charge in [-0.2, -0.15) is 0 Å². The number of rotatable bonds is 5. The van der Waals surface area contributed by atoms with Crippen molar-refractivity contribution < 1.29 is 22.9 Å². The number of hydrogen-bond acceptors (Lipinski definition) is 6. The summed E-state index contributed by atoms with van der Waals surface area (Å²) < 4.78 is 25.4. The summed E-state index contributed by atoms with van der Waals surface area (Å²) >= 11 is 0. The number of nitrogens with one attached hydrogen (secondary N) is 1. The van der Waals surface area contributed by atoms with Gasteiger partial charge in [0.15, 0.2) is 0 Å². The van der Waals surface area contributed by atoms with Crippen LogP contribution in [-0.2, 0) is 25.8 Å². The molecule has 4 rings (SSSR count). The predicted molar refractivity (Wildman–Crippen MR) is 116 cm³/mol. The van der Waals surface area contributed by atoms with E-state index in [1.165, 1.54) is 23.1 Å². The molecule has 2 aliphatic heterocycles. The monoisotopic (exact) mass is 455 g/mol. The van der Waals surface area contributed by atoms with Crippen LogP contribution >= 0.6 is 0 Å². The Labute approximate surface area is 184 Å². The summed E-state index contributed by atoms with van der Waals surface area (Å²) in [5.74, 6) is -0.869. The maximum absolute atomic E-state index is 12.9. The molecule has 2 amide bonds. The predicted octanol–water partition coefficient (Wildman–Crippen LogP) is 2.07. The minimum Gasteiger partial charge on any atom is -0.353 e. The first-order valence-corrected chi connectivity index (χ1v) is 11.6. The third kappa shape index (κ3) is 4.13. The first-order chi connectivity index (χ1) is 15.3. The van der Waals surface area contributed by atoms with Gasteiger partial charge in [-0.25, -0.2) is 8.42 Å². The highest BCUT2D eigenvalue weighted by atomic mass is 32.2. The van der Waals surface area contributed by atoms with Crippen molar-refractivity contribution in [3.63, 3.8) is 0 Å². The van der Waals surface area contributed by atoms with Crippen LogP contribution in [0.15, 0.2) is 58.3 Å². The number of carbonyl (C=O) groups is 2. The fourth-order valence-corrected chi connectivity index (χ4v) is 5.60. The number of fused-ring (bicyclic) bond motifs is 1. The molecule has 2 aromatic rings. The van der Waals surface area contributed by atoms with Crippen molar-refractivity contribution in [2.24, 2.45) is 0 Å². The molecule has 2 aliphatic rings. The summed E-state index contributed by atoms with van der Waals surface area (Å²) in [6, 6.07) is 12.4. The van der Waals surface area contributed by atoms with Crippen LogP contribution in [0.5, 0.6) is 0 Å². The summed E-state index contributed by atoms with van der Waals surface area (Å²) in [5, 5.41) is 14.0. The molecule has 0 unspecified atom stereocenters. The van der Waals surface area contributed by atoms with Gasteiger partial charge in [-0.3, -0.25) is 19.7 Å². The maximum atomic E-state index is 12.9. The molecular weight excluding hydrogens is 434 g/mol. The Morgan fingerprint density at radius 3 is 2.41 bits per heavy atom. The Kier molecular flexibility index (Phi) is 5.79. The highest BCUT2D eigenvalue weighted by Crippen LogP contribution is 2.34. The highest BCUT2D eigenvalue weighted by molar-refractivity contribution is 7.96. The van der Waals surface area contributed by atoms with Crippen LogP contribution in [0.3, 0.4) is 0 Å². The first kappa shape index (κ1) is 21.7. The van der Waals surface area contributed by atoms with Gasteiger partial charge >= 0.3 is 0 Å². The Morgan fingerprint density at radius 2 is 1.72 bits per heavy atom. The standard InChI is InChI=1S/C22H21N3O6S/c26-21(14-15-5-1-3-7-18(15)25(28)29)23-17-9-11-24(12-10-17)22(27)20-13-16-6-2-4-8-19(16)32(20,30)31/h1-8,13,17H,9-12,14H2,(H,23,26). The van der Waals surface area contributed by atoms with Gasteiger partial charge in [0, 0.05) is 30.8 Å². The maximum Gasteiger partial charge on any atom is 0.273 e. The number of amides is 2. The molecule has 0 aromatic heterocycles. The van der Waals surface area contributed by atoms with E-state index in [1.54, 1.807) is 36.4 Å². The topological polar surface area (TPSA) is 127 Å². The molecule has 2 aromatic carbocycles. The zero-order chi connectivity index (χ0) is 22.9. The van der Waals surface area contributed by atoms with Gasteiger partial charge < -0.3 is 10.2 Å². The largest absolute Gasteiger partial charge is 0.353 e. The summed E-state index contributed by atoms with van der Waals surface area (Å²) in [5.41, 5.74) is 0.740. The molecule has 0 atom stereocenters. The van der Waals surface area contributed by atoms with E-state index in [2.05, 4.69) is 5.32 Å². The molecule has 0 spiro atoms. The average Bonchev–Trinajstić information content (AvgIpc) is 3.05. The van der Waals surface area contributed by atoms with Gasteiger partial charge in [-0.15, -0.1) is 0 Å². The van der Waals surface area contributed by atoms with Gasteiger partial charge in [0.05, 0.1) is 16.2 Å². The van der Waals surface area contributed by atoms with Gasteiger partial charge in [-0.1, -0.05) is 36.4 Å². The van der Waals surface area contributed by atoms with Crippen molar-refractivity contribution in [3.8, 4) is 0 Å². The second kappa shape index (κ2) is 8.54. The molecule has 1 N–H and O–H groups in total. The van der Waals surface area contributed by atoms with Crippen molar-refractivity contribution in [1.29, 1.82) is 0 Å². The van der Waals surface area contributed by atoms with Crippen molar-refractivity contribution in [2.45, 2.75) is 30.2 Å². The summed E-state index contributed by atoms with van der Waals surface area (Å²) in [7, 11) is -3.83. The summed E-state index contributed by atoms with van der Waals surface area (Å²) in [6.45, 7) is 0.608. The molecular formula is C22H21N3O6S. The van der Waals surface area contributed by atoms with Crippen LogP contribution in [0.1, 0.15) is 24.0 Å². The molecule has 32 heavy (non-hydrogen) atoms. The van der Waals surface area contributed by atoms with E-state index >= 15 is 0 Å². The van der Waals surface area contributed by atoms with Crippen molar-refractivity contribution in [1.82, 2.24) is 10.2 Å². The number of nitro benzene ring substituents is 1. The summed E-state index contributed by atoms with van der Waals surface area (Å²) in [4.78, 5) is 37.3. The van der Waals surface area contributed by atoms with E-state index in [0.29, 0.717) is 37.1 Å². The Bertz CT molecular complexity index is 1230. The second-order valence-corrected chi connectivity index (χ2v) is 9.63. The average molecular weight is 455 g/mol. The number of benzene rings is 2. The van der Waals surface area contributed by atoms with Crippen LogP contribution in [0.25, 0.3) is 6.08 Å². The lowest BCUT2D eigenvalue weighted by Gasteiger charge is -2.32. The smallest absolute Gasteiger partial charge is 0.273 e. The van der Waals surface area contributed by atoms with Crippen LogP contribution in [0.4, 0.5) is 5.69 Å². The SMILES string of the molecule is O=C(Cc1ccccc1[N+](=O)[O-])NC1CCN(C(=O)C2=Cc3ccccc3S2(=O)=O)CC1. The third-order valence-corrected chi connectivity index (χ3v) is 7.50. The van der Waals surface area contributed by atoms with Crippen LogP contribution < -0.4 is 5.32 Å². The molecule has 0 bridgehead atoms.